The molecule has 0 aromatic heterocycles. The highest BCUT2D eigenvalue weighted by atomic mass is 32.2. The Morgan fingerprint density at radius 1 is 0.356 bits per heavy atom. The van der Waals surface area contributed by atoms with Crippen LogP contribution in [0.1, 0.15) is 209 Å². The lowest BCUT2D eigenvalue weighted by Gasteiger charge is -2.45. The summed E-state index contributed by atoms with van der Waals surface area (Å²) >= 11 is 2.52. The molecule has 0 spiro atoms. The number of rotatable bonds is 36. The molecule has 0 aliphatic heterocycles. The molecule has 0 rings (SSSR count). The molecule has 0 bridgehead atoms. The standard InChI is InChI=1S/C40H86O2SSi2/c1-9-17-25-33-41-44(35-27-19-11-3,36-28-20-12-4)39(31-23-15-7)43-40(32-24-16-8)45(37-29-21-13-5,38-30-22-14-6)42-34-26-18-10-2/h39-40H,9-38H2,1-8H3. The average Bonchev–Trinajstić information content (AvgIpc) is 3.04. The Morgan fingerprint density at radius 2 is 0.622 bits per heavy atom. The first-order valence-corrected chi connectivity index (χ1v) is 26.7. The zero-order valence-electron chi connectivity index (χ0n) is 32.6. The van der Waals surface area contributed by atoms with Crippen molar-refractivity contribution in [3.05, 3.63) is 0 Å². The first-order valence-electron chi connectivity index (χ1n) is 20.9. The zero-order chi connectivity index (χ0) is 33.5. The molecule has 0 radical (unpaired) electrons. The van der Waals surface area contributed by atoms with Gasteiger partial charge in [0.25, 0.3) is 0 Å². The van der Waals surface area contributed by atoms with Gasteiger partial charge in [0.1, 0.15) is 0 Å². The third-order valence-corrected chi connectivity index (χ3v) is 24.0. The van der Waals surface area contributed by atoms with Crippen molar-refractivity contribution in [2.45, 2.75) is 243 Å². The lowest BCUT2D eigenvalue weighted by molar-refractivity contribution is 0.279. The van der Waals surface area contributed by atoms with Gasteiger partial charge >= 0.3 is 0 Å². The summed E-state index contributed by atoms with van der Waals surface area (Å²) in [5, 5.41) is 0. The smallest absolute Gasteiger partial charge is 0.205 e. The van der Waals surface area contributed by atoms with E-state index in [0.717, 1.165) is 23.0 Å². The second kappa shape index (κ2) is 31.9. The summed E-state index contributed by atoms with van der Waals surface area (Å²) in [5.41, 5.74) is 0. The van der Waals surface area contributed by atoms with Crippen molar-refractivity contribution in [1.82, 2.24) is 0 Å². The van der Waals surface area contributed by atoms with Crippen molar-refractivity contribution >= 4 is 28.4 Å². The number of unbranched alkanes of at least 4 members (excludes halogenated alkanes) is 14. The molecule has 2 unspecified atom stereocenters. The van der Waals surface area contributed by atoms with Crippen LogP contribution in [0.15, 0.2) is 0 Å². The molecule has 5 heteroatoms. The van der Waals surface area contributed by atoms with E-state index >= 15 is 0 Å². The Balaban J connectivity index is 6.88. The van der Waals surface area contributed by atoms with E-state index in [0.29, 0.717) is 0 Å². The molecule has 0 aliphatic carbocycles. The number of thioether (sulfide) groups is 1. The molecular weight excluding hydrogens is 601 g/mol. The van der Waals surface area contributed by atoms with E-state index in [4.69, 9.17) is 8.85 Å². The highest BCUT2D eigenvalue weighted by Crippen LogP contribution is 2.45. The van der Waals surface area contributed by atoms with Crippen molar-refractivity contribution < 1.29 is 8.85 Å². The van der Waals surface area contributed by atoms with Gasteiger partial charge in [0.15, 0.2) is 0 Å². The van der Waals surface area contributed by atoms with Crippen LogP contribution in [0.2, 0.25) is 24.2 Å². The second-order valence-electron chi connectivity index (χ2n) is 14.5. The van der Waals surface area contributed by atoms with E-state index in [1.165, 1.54) is 178 Å². The molecule has 0 saturated carbocycles. The molecule has 2 nitrogen and oxygen atoms in total. The second-order valence-corrected chi connectivity index (χ2v) is 24.9. The van der Waals surface area contributed by atoms with E-state index in [2.05, 4.69) is 67.2 Å². The molecule has 272 valence electrons. The van der Waals surface area contributed by atoms with E-state index in [1.807, 2.05) is 0 Å². The first-order chi connectivity index (χ1) is 22.0. The van der Waals surface area contributed by atoms with Gasteiger partial charge < -0.3 is 8.85 Å². The van der Waals surface area contributed by atoms with Gasteiger partial charge in [-0.25, -0.2) is 0 Å². The minimum atomic E-state index is -1.96. The van der Waals surface area contributed by atoms with Crippen molar-refractivity contribution in [2.75, 3.05) is 13.2 Å². The van der Waals surface area contributed by atoms with Crippen LogP contribution < -0.4 is 0 Å². The maximum absolute atomic E-state index is 7.51. The summed E-state index contributed by atoms with van der Waals surface area (Å²) in [6.07, 6.45) is 32.1. The van der Waals surface area contributed by atoms with Gasteiger partial charge in [0.05, 0.1) is 0 Å². The lowest BCUT2D eigenvalue weighted by Crippen LogP contribution is -2.54. The minimum absolute atomic E-state index is 0.734. The van der Waals surface area contributed by atoms with Gasteiger partial charge in [-0.05, 0) is 49.9 Å². The molecule has 0 N–H and O–H groups in total. The molecule has 0 aromatic carbocycles. The van der Waals surface area contributed by atoms with Crippen molar-refractivity contribution in [3.63, 3.8) is 0 Å². The van der Waals surface area contributed by atoms with Crippen LogP contribution in [0, 0.1) is 0 Å². The van der Waals surface area contributed by atoms with Crippen LogP contribution in [0.5, 0.6) is 0 Å². The number of hydrogen-bond donors (Lipinski definition) is 0. The third kappa shape index (κ3) is 20.7. The Hall–Kier alpha value is 0.704. The summed E-state index contributed by atoms with van der Waals surface area (Å²) in [7, 11) is -3.92. The van der Waals surface area contributed by atoms with Gasteiger partial charge in [-0.1, -0.05) is 184 Å². The largest absolute Gasteiger partial charge is 0.416 e. The fourth-order valence-corrected chi connectivity index (χ4v) is 22.1. The fourth-order valence-electron chi connectivity index (χ4n) is 7.21. The molecule has 0 amide bonds. The van der Waals surface area contributed by atoms with Crippen LogP contribution in [-0.4, -0.2) is 39.6 Å². The molecule has 0 aromatic rings. The first kappa shape index (κ1) is 45.7. The Kier molecular flexibility index (Phi) is 32.4. The summed E-state index contributed by atoms with van der Waals surface area (Å²) in [6, 6.07) is 5.60. The van der Waals surface area contributed by atoms with Crippen LogP contribution in [0.4, 0.5) is 0 Å². The van der Waals surface area contributed by atoms with Crippen LogP contribution >= 0.6 is 11.8 Å². The monoisotopic (exact) mass is 687 g/mol. The summed E-state index contributed by atoms with van der Waals surface area (Å²) in [4.78, 5) is 1.47. The highest BCUT2D eigenvalue weighted by Gasteiger charge is 2.49. The van der Waals surface area contributed by atoms with Crippen LogP contribution in [0.3, 0.4) is 0 Å². The van der Waals surface area contributed by atoms with Gasteiger partial charge in [0.2, 0.25) is 16.6 Å². The highest BCUT2D eigenvalue weighted by molar-refractivity contribution is 8.03. The maximum Gasteiger partial charge on any atom is 0.205 e. The van der Waals surface area contributed by atoms with Gasteiger partial charge in [-0.15, -0.1) is 0 Å². The van der Waals surface area contributed by atoms with Crippen molar-refractivity contribution in [1.29, 1.82) is 0 Å². The molecule has 0 fully saturated rings. The lowest BCUT2D eigenvalue weighted by atomic mass is 10.3. The summed E-state index contributed by atoms with van der Waals surface area (Å²) in [6.45, 7) is 21.1. The molecule has 2 atom stereocenters. The molecular formula is C40H86O2SSi2. The van der Waals surface area contributed by atoms with Gasteiger partial charge in [-0.3, -0.25) is 0 Å². The van der Waals surface area contributed by atoms with Gasteiger partial charge in [0, 0.05) is 23.0 Å². The zero-order valence-corrected chi connectivity index (χ0v) is 35.4. The van der Waals surface area contributed by atoms with Crippen LogP contribution in [-0.2, 0) is 8.85 Å². The Labute approximate surface area is 292 Å². The maximum atomic E-state index is 7.51. The Morgan fingerprint density at radius 3 is 0.889 bits per heavy atom. The molecule has 0 saturated heterocycles. The van der Waals surface area contributed by atoms with E-state index in [9.17, 15) is 0 Å². The topological polar surface area (TPSA) is 18.5 Å². The predicted octanol–water partition coefficient (Wildman–Crippen LogP) is 15.0. The minimum Gasteiger partial charge on any atom is -0.416 e. The molecule has 45 heavy (non-hydrogen) atoms. The van der Waals surface area contributed by atoms with Crippen LogP contribution in [0.25, 0.3) is 0 Å². The van der Waals surface area contributed by atoms with E-state index in [-0.39, 0.29) is 0 Å². The van der Waals surface area contributed by atoms with Gasteiger partial charge in [-0.2, -0.15) is 11.8 Å². The van der Waals surface area contributed by atoms with E-state index in [1.54, 1.807) is 0 Å². The van der Waals surface area contributed by atoms with Crippen molar-refractivity contribution in [2.24, 2.45) is 0 Å². The van der Waals surface area contributed by atoms with Crippen molar-refractivity contribution in [3.8, 4) is 0 Å². The fraction of sp³-hybridized carbons (Fsp3) is 1.00. The summed E-state index contributed by atoms with van der Waals surface area (Å²) < 4.78 is 15.0. The molecule has 0 heterocycles. The average molecular weight is 687 g/mol. The number of hydrogen-bond acceptors (Lipinski definition) is 3. The summed E-state index contributed by atoms with van der Waals surface area (Å²) in [5.74, 6) is 0. The predicted molar refractivity (Wildman–Crippen MR) is 214 cm³/mol. The Bertz CT molecular complexity index is 535. The third-order valence-electron chi connectivity index (χ3n) is 10.2. The molecule has 0 aliphatic rings. The normalized spacial score (nSPS) is 13.9. The quantitative estimate of drug-likeness (QED) is 0.0483. The SMILES string of the molecule is CCCCCO[Si](CCCCC)(CCCCC)C(CCCC)SC(CCCC)[Si](CCCCC)(CCCCC)OCCCCC. The van der Waals surface area contributed by atoms with E-state index < -0.39 is 16.6 Å².